The van der Waals surface area contributed by atoms with Crippen LogP contribution in [0.4, 0.5) is 74.6 Å². The van der Waals surface area contributed by atoms with Gasteiger partial charge in [-0.05, 0) is 34.8 Å². The molecule has 330 valence electrons. The van der Waals surface area contributed by atoms with E-state index in [9.17, 15) is 84.5 Å². The molecule has 0 saturated carbocycles. The summed E-state index contributed by atoms with van der Waals surface area (Å²) in [4.78, 5) is 11.0. The van der Waals surface area contributed by atoms with E-state index in [-0.39, 0.29) is 11.3 Å². The quantitative estimate of drug-likeness (QED) is 0.0204. The lowest BCUT2D eigenvalue weighted by atomic mass is 9.88. The minimum Gasteiger partial charge on any atom is -0.491 e. The standard InChI is InChI=1S/C32H38F17NO6Si/c1-18(2)57(19(3)4,56-16-15-55-21-12-10-20(11-13-21)24(52)22(54-5)8-6-7-9-23(51)50-53)17-14-25(33,34)26(35,36)27(37,38)28(39,40)29(41,42)30(43,44)31(45,46)32(47,48)49/h6-13,18-19,22,24,52-53H,14-17H2,1-5H3,(H,50,51)/b8-6+,9-7+/t22-,24-/m1/s1. The smallest absolute Gasteiger partial charge is 0.460 e. The third kappa shape index (κ3) is 10.2. The number of hydrogen-bond acceptors (Lipinski definition) is 6. The molecule has 1 aromatic carbocycles. The number of carbonyl (C=O) groups excluding carboxylic acids is 1. The van der Waals surface area contributed by atoms with E-state index in [0.717, 1.165) is 6.08 Å². The van der Waals surface area contributed by atoms with Crippen LogP contribution in [0.1, 0.15) is 45.8 Å². The maximum Gasteiger partial charge on any atom is 0.460 e. The highest BCUT2D eigenvalue weighted by Gasteiger charge is 2.95. The fourth-order valence-electron chi connectivity index (χ4n) is 5.36. The first-order chi connectivity index (χ1) is 25.6. The van der Waals surface area contributed by atoms with Gasteiger partial charge in [0.2, 0.25) is 0 Å². The minimum absolute atomic E-state index is 0.114. The number of halogens is 17. The monoisotopic (exact) mass is 883 g/mol. The van der Waals surface area contributed by atoms with Crippen LogP contribution in [0, 0.1) is 0 Å². The van der Waals surface area contributed by atoms with E-state index in [4.69, 9.17) is 19.1 Å². The Morgan fingerprint density at radius 2 is 1.18 bits per heavy atom. The van der Waals surface area contributed by atoms with E-state index < -0.39 is 111 Å². The molecule has 0 aromatic heterocycles. The number of allylic oxidation sites excluding steroid dienone is 2. The number of methoxy groups -OCH3 is 1. The van der Waals surface area contributed by atoms with Crippen LogP contribution in [-0.4, -0.2) is 98.6 Å². The topological polar surface area (TPSA) is 97.3 Å². The Kier molecular flexibility index (Phi) is 16.7. The van der Waals surface area contributed by atoms with Crippen molar-refractivity contribution in [2.24, 2.45) is 0 Å². The Morgan fingerprint density at radius 3 is 1.60 bits per heavy atom. The molecule has 2 atom stereocenters. The third-order valence-electron chi connectivity index (χ3n) is 8.87. The van der Waals surface area contributed by atoms with Gasteiger partial charge in [0, 0.05) is 19.6 Å². The molecule has 0 heterocycles. The predicted octanol–water partition coefficient (Wildman–Crippen LogP) is 9.91. The van der Waals surface area contributed by atoms with Crippen molar-refractivity contribution >= 4 is 14.2 Å². The highest BCUT2D eigenvalue weighted by atomic mass is 28.4. The SMILES string of the molecule is CO[C@H](/C=C/C=C/C(=O)NO)[C@H](O)c1ccc(OCCO[Si](CCC(F)(F)C(F)(F)C(F)(F)C(F)(F)C(F)(F)C(F)(F)C(F)(F)C(F)(F)F)(C(C)C)C(C)C)cc1. The third-order valence-corrected chi connectivity index (χ3v) is 14.6. The predicted molar refractivity (Wildman–Crippen MR) is 168 cm³/mol. The molecular formula is C32H38F17NO6Si. The van der Waals surface area contributed by atoms with Crippen molar-refractivity contribution in [3.63, 3.8) is 0 Å². The van der Waals surface area contributed by atoms with Gasteiger partial charge in [0.1, 0.15) is 24.6 Å². The number of nitrogens with one attached hydrogen (secondary N) is 1. The summed E-state index contributed by atoms with van der Waals surface area (Å²) in [5, 5.41) is 19.1. The van der Waals surface area contributed by atoms with Crippen LogP contribution in [0.5, 0.6) is 5.75 Å². The summed E-state index contributed by atoms with van der Waals surface area (Å²) in [6, 6.07) is 4.14. The zero-order valence-corrected chi connectivity index (χ0v) is 31.2. The average Bonchev–Trinajstić information content (AvgIpc) is 3.09. The van der Waals surface area contributed by atoms with Crippen molar-refractivity contribution in [3.05, 3.63) is 54.1 Å². The molecule has 0 saturated heterocycles. The van der Waals surface area contributed by atoms with Crippen molar-refractivity contribution in [1.82, 2.24) is 5.48 Å². The first kappa shape index (κ1) is 51.9. The molecular weight excluding hydrogens is 845 g/mol. The molecule has 1 aromatic rings. The number of benzene rings is 1. The molecule has 0 aliphatic carbocycles. The van der Waals surface area contributed by atoms with Crippen molar-refractivity contribution in [3.8, 4) is 5.75 Å². The maximum absolute atomic E-state index is 14.8. The molecule has 57 heavy (non-hydrogen) atoms. The largest absolute Gasteiger partial charge is 0.491 e. The molecule has 25 heteroatoms. The molecule has 0 radical (unpaired) electrons. The van der Waals surface area contributed by atoms with Crippen molar-refractivity contribution in [1.29, 1.82) is 0 Å². The van der Waals surface area contributed by atoms with Gasteiger partial charge in [-0.25, -0.2) is 5.48 Å². The number of alkyl halides is 17. The Hall–Kier alpha value is -3.16. The summed E-state index contributed by atoms with van der Waals surface area (Å²) >= 11 is 0. The van der Waals surface area contributed by atoms with Gasteiger partial charge in [-0.3, -0.25) is 10.0 Å². The normalized spacial score (nSPS) is 15.9. The van der Waals surface area contributed by atoms with Crippen molar-refractivity contribution in [2.45, 2.75) is 111 Å². The number of hydroxylamine groups is 1. The molecule has 1 amide bonds. The Labute approximate surface area is 314 Å². The summed E-state index contributed by atoms with van der Waals surface area (Å²) in [5.74, 6) is -57.5. The summed E-state index contributed by atoms with van der Waals surface area (Å²) in [6.07, 6.45) is -7.68. The molecule has 0 aliphatic heterocycles. The number of ether oxygens (including phenoxy) is 2. The minimum atomic E-state index is -8.69. The number of carbonyl (C=O) groups is 1. The Morgan fingerprint density at radius 1 is 0.719 bits per heavy atom. The van der Waals surface area contributed by atoms with Crippen molar-refractivity contribution < 1.29 is 104 Å². The lowest BCUT2D eigenvalue weighted by Gasteiger charge is -2.44. The molecule has 0 fully saturated rings. The fraction of sp³-hybridized carbons (Fsp3) is 0.656. The Balaban J connectivity index is 3.21. The van der Waals surface area contributed by atoms with Crippen LogP contribution >= 0.6 is 0 Å². The van der Waals surface area contributed by atoms with Gasteiger partial charge >= 0.3 is 47.6 Å². The van der Waals surface area contributed by atoms with E-state index in [1.165, 1.54) is 82.8 Å². The summed E-state index contributed by atoms with van der Waals surface area (Å²) in [5.41, 5.74) is -0.0943. The van der Waals surface area contributed by atoms with E-state index in [1.807, 2.05) is 0 Å². The first-order valence-electron chi connectivity index (χ1n) is 16.2. The average molecular weight is 884 g/mol. The number of hydrogen-bond donors (Lipinski definition) is 3. The van der Waals surface area contributed by atoms with Crippen LogP contribution in [-0.2, 0) is 14.0 Å². The lowest BCUT2D eigenvalue weighted by Crippen LogP contribution is -2.74. The van der Waals surface area contributed by atoms with Crippen LogP contribution < -0.4 is 10.2 Å². The first-order valence-corrected chi connectivity index (χ1v) is 18.5. The van der Waals surface area contributed by atoms with Gasteiger partial charge in [-0.1, -0.05) is 58.1 Å². The molecule has 0 unspecified atom stereocenters. The molecule has 0 aliphatic rings. The van der Waals surface area contributed by atoms with Gasteiger partial charge in [-0.2, -0.15) is 74.6 Å². The van der Waals surface area contributed by atoms with Gasteiger partial charge in [0.25, 0.3) is 5.91 Å². The van der Waals surface area contributed by atoms with E-state index >= 15 is 0 Å². The van der Waals surface area contributed by atoms with E-state index in [2.05, 4.69) is 0 Å². The van der Waals surface area contributed by atoms with Gasteiger partial charge < -0.3 is 19.0 Å². The second kappa shape index (κ2) is 18.4. The molecule has 7 nitrogen and oxygen atoms in total. The van der Waals surface area contributed by atoms with Gasteiger partial charge in [-0.15, -0.1) is 0 Å². The second-order valence-electron chi connectivity index (χ2n) is 13.0. The number of amides is 1. The number of aliphatic hydroxyl groups excluding tert-OH is 1. The summed E-state index contributed by atoms with van der Waals surface area (Å²) < 4.78 is 250. The summed E-state index contributed by atoms with van der Waals surface area (Å²) in [7, 11) is -2.70. The van der Waals surface area contributed by atoms with Gasteiger partial charge in [0.05, 0.1) is 6.61 Å². The molecule has 0 spiro atoms. The number of rotatable bonds is 22. The summed E-state index contributed by atoms with van der Waals surface area (Å²) in [6.45, 7) is 4.31. The molecule has 0 bridgehead atoms. The zero-order chi connectivity index (χ0) is 44.9. The second-order valence-corrected chi connectivity index (χ2v) is 18.1. The van der Waals surface area contributed by atoms with Crippen LogP contribution in [0.15, 0.2) is 48.6 Å². The van der Waals surface area contributed by atoms with Crippen LogP contribution in [0.25, 0.3) is 0 Å². The molecule has 3 N–H and O–H groups in total. The molecule has 1 rings (SSSR count). The van der Waals surface area contributed by atoms with Crippen LogP contribution in [0.3, 0.4) is 0 Å². The van der Waals surface area contributed by atoms with Crippen LogP contribution in [0.2, 0.25) is 17.1 Å². The highest BCUT2D eigenvalue weighted by Crippen LogP contribution is 2.64. The van der Waals surface area contributed by atoms with E-state index in [0.29, 0.717) is 0 Å². The number of aliphatic hydroxyl groups is 1. The van der Waals surface area contributed by atoms with Crippen molar-refractivity contribution in [2.75, 3.05) is 20.3 Å². The van der Waals surface area contributed by atoms with E-state index in [1.54, 1.807) is 0 Å². The Bertz CT molecular complexity index is 1510. The zero-order valence-electron chi connectivity index (χ0n) is 30.2. The lowest BCUT2D eigenvalue weighted by molar-refractivity contribution is -0.461. The van der Waals surface area contributed by atoms with Gasteiger partial charge in [0.15, 0.2) is 8.32 Å². The fourth-order valence-corrected chi connectivity index (χ4v) is 9.83. The highest BCUT2D eigenvalue weighted by molar-refractivity contribution is 6.76. The maximum atomic E-state index is 14.8.